The predicted molar refractivity (Wildman–Crippen MR) is 99.6 cm³/mol. The minimum absolute atomic E-state index is 0.00123. The van der Waals surface area contributed by atoms with Crippen LogP contribution in [-0.2, 0) is 16.1 Å². The maximum Gasteiger partial charge on any atom is 0.320 e. The molecule has 2 fully saturated rings. The highest BCUT2D eigenvalue weighted by Gasteiger charge is 2.45. The van der Waals surface area contributed by atoms with Crippen molar-refractivity contribution in [3.05, 3.63) is 35.9 Å². The summed E-state index contributed by atoms with van der Waals surface area (Å²) in [6.45, 7) is 6.78. The van der Waals surface area contributed by atoms with Crippen molar-refractivity contribution in [3.63, 3.8) is 0 Å². The first-order chi connectivity index (χ1) is 12.4. The second kappa shape index (κ2) is 7.66. The van der Waals surface area contributed by atoms with Crippen molar-refractivity contribution in [1.82, 2.24) is 14.7 Å². The van der Waals surface area contributed by atoms with Gasteiger partial charge in [0.1, 0.15) is 5.54 Å². The Morgan fingerprint density at radius 2 is 1.85 bits per heavy atom. The van der Waals surface area contributed by atoms with Crippen LogP contribution in [0.4, 0.5) is 4.79 Å². The lowest BCUT2D eigenvalue weighted by atomic mass is 9.97. The van der Waals surface area contributed by atoms with Crippen molar-refractivity contribution in [2.45, 2.75) is 44.8 Å². The molecule has 1 aromatic carbocycles. The van der Waals surface area contributed by atoms with E-state index in [1.165, 1.54) is 0 Å². The smallest absolute Gasteiger partial charge is 0.320 e. The molecular weight excluding hydrogens is 330 g/mol. The molecule has 0 atom stereocenters. The van der Waals surface area contributed by atoms with E-state index >= 15 is 0 Å². The van der Waals surface area contributed by atoms with Gasteiger partial charge in [0.2, 0.25) is 5.91 Å². The largest absolute Gasteiger partial charge is 0.381 e. The van der Waals surface area contributed by atoms with Crippen LogP contribution in [0, 0.1) is 0 Å². The van der Waals surface area contributed by atoms with Gasteiger partial charge in [-0.3, -0.25) is 4.79 Å². The van der Waals surface area contributed by atoms with Gasteiger partial charge in [-0.1, -0.05) is 30.3 Å². The molecule has 142 valence electrons. The zero-order chi connectivity index (χ0) is 18.7. The molecule has 3 amide bonds. The van der Waals surface area contributed by atoms with Crippen LogP contribution in [0.15, 0.2) is 30.3 Å². The Kier molecular flexibility index (Phi) is 5.51. The van der Waals surface area contributed by atoms with Gasteiger partial charge in [0, 0.05) is 45.9 Å². The Labute approximate surface area is 155 Å². The van der Waals surface area contributed by atoms with Gasteiger partial charge in [-0.05, 0) is 32.3 Å². The molecule has 0 spiro atoms. The first kappa shape index (κ1) is 18.7. The molecule has 3 rings (SSSR count). The van der Waals surface area contributed by atoms with E-state index in [2.05, 4.69) is 0 Å². The van der Waals surface area contributed by atoms with Crippen molar-refractivity contribution in [2.24, 2.45) is 0 Å². The highest BCUT2D eigenvalue weighted by atomic mass is 16.5. The lowest BCUT2D eigenvalue weighted by Crippen LogP contribution is -2.66. The number of urea groups is 1. The first-order valence-electron chi connectivity index (χ1n) is 9.36. The number of amides is 3. The van der Waals surface area contributed by atoms with Crippen molar-refractivity contribution in [3.8, 4) is 0 Å². The fourth-order valence-corrected chi connectivity index (χ4v) is 3.81. The number of rotatable bonds is 3. The van der Waals surface area contributed by atoms with E-state index in [4.69, 9.17) is 4.74 Å². The molecule has 2 heterocycles. The van der Waals surface area contributed by atoms with E-state index in [0.29, 0.717) is 32.8 Å². The van der Waals surface area contributed by atoms with Crippen LogP contribution in [0.25, 0.3) is 0 Å². The second-order valence-electron chi connectivity index (χ2n) is 7.66. The Bertz CT molecular complexity index is 641. The number of hydrogen-bond donors (Lipinski definition) is 0. The SMILES string of the molecule is CN(C(=O)N1CCN(Cc2ccccc2)C(=O)C1(C)C)C1CCOCC1. The normalized spacial score (nSPS) is 21.0. The van der Waals surface area contributed by atoms with Crippen LogP contribution in [0.1, 0.15) is 32.3 Å². The third-order valence-electron chi connectivity index (χ3n) is 5.57. The minimum atomic E-state index is -0.844. The van der Waals surface area contributed by atoms with Gasteiger partial charge in [0.15, 0.2) is 0 Å². The molecule has 6 heteroatoms. The second-order valence-corrected chi connectivity index (χ2v) is 7.66. The maximum atomic E-state index is 13.1. The van der Waals surface area contributed by atoms with Gasteiger partial charge in [-0.25, -0.2) is 4.79 Å². The molecule has 2 aliphatic heterocycles. The topological polar surface area (TPSA) is 53.1 Å². The van der Waals surface area contributed by atoms with E-state index in [1.807, 2.05) is 56.1 Å². The van der Waals surface area contributed by atoms with Crippen molar-refractivity contribution in [1.29, 1.82) is 0 Å². The van der Waals surface area contributed by atoms with Crippen molar-refractivity contribution >= 4 is 11.9 Å². The third kappa shape index (κ3) is 3.70. The van der Waals surface area contributed by atoms with Gasteiger partial charge < -0.3 is 19.4 Å². The standard InChI is InChI=1S/C20H29N3O3/c1-20(2)18(24)22(15-16-7-5-4-6-8-16)11-12-23(20)19(25)21(3)17-9-13-26-14-10-17/h4-8,17H,9-15H2,1-3H3. The zero-order valence-corrected chi connectivity index (χ0v) is 16.0. The van der Waals surface area contributed by atoms with Gasteiger partial charge >= 0.3 is 6.03 Å². The molecule has 2 aliphatic rings. The van der Waals surface area contributed by atoms with Gasteiger partial charge in [0.05, 0.1) is 0 Å². The summed E-state index contributed by atoms with van der Waals surface area (Å²) in [5, 5.41) is 0. The maximum absolute atomic E-state index is 13.1. The quantitative estimate of drug-likeness (QED) is 0.832. The van der Waals surface area contributed by atoms with E-state index in [-0.39, 0.29) is 18.0 Å². The molecule has 1 aromatic rings. The molecule has 0 bridgehead atoms. The summed E-state index contributed by atoms with van der Waals surface area (Å²) >= 11 is 0. The fourth-order valence-electron chi connectivity index (χ4n) is 3.81. The van der Waals surface area contributed by atoms with E-state index in [1.54, 1.807) is 9.80 Å². The molecule has 0 aliphatic carbocycles. The molecule has 2 saturated heterocycles. The summed E-state index contributed by atoms with van der Waals surface area (Å²) < 4.78 is 5.39. The number of carbonyl (C=O) groups excluding carboxylic acids is 2. The number of nitrogens with zero attached hydrogens (tertiary/aromatic N) is 3. The molecule has 26 heavy (non-hydrogen) atoms. The zero-order valence-electron chi connectivity index (χ0n) is 16.0. The summed E-state index contributed by atoms with van der Waals surface area (Å²) in [4.78, 5) is 31.5. The summed E-state index contributed by atoms with van der Waals surface area (Å²) in [7, 11) is 1.84. The molecule has 0 N–H and O–H groups in total. The Hall–Kier alpha value is -2.08. The molecule has 0 aromatic heterocycles. The molecule has 6 nitrogen and oxygen atoms in total. The van der Waals surface area contributed by atoms with Crippen LogP contribution in [0.2, 0.25) is 0 Å². The molecule has 0 saturated carbocycles. The monoisotopic (exact) mass is 359 g/mol. The highest BCUT2D eigenvalue weighted by Crippen LogP contribution is 2.26. The Morgan fingerprint density at radius 3 is 2.50 bits per heavy atom. The molecule has 0 radical (unpaired) electrons. The average molecular weight is 359 g/mol. The number of ether oxygens (including phenoxy) is 1. The van der Waals surface area contributed by atoms with Gasteiger partial charge in [-0.15, -0.1) is 0 Å². The fraction of sp³-hybridized carbons (Fsp3) is 0.600. The predicted octanol–water partition coefficient (Wildman–Crippen LogP) is 2.34. The number of benzene rings is 1. The van der Waals surface area contributed by atoms with Crippen molar-refractivity contribution in [2.75, 3.05) is 33.4 Å². The lowest BCUT2D eigenvalue weighted by molar-refractivity contribution is -0.147. The third-order valence-corrected chi connectivity index (χ3v) is 5.57. The van der Waals surface area contributed by atoms with Crippen LogP contribution >= 0.6 is 0 Å². The first-order valence-corrected chi connectivity index (χ1v) is 9.36. The van der Waals surface area contributed by atoms with Gasteiger partial charge in [-0.2, -0.15) is 0 Å². The van der Waals surface area contributed by atoms with Crippen molar-refractivity contribution < 1.29 is 14.3 Å². The van der Waals surface area contributed by atoms with Crippen LogP contribution < -0.4 is 0 Å². The van der Waals surface area contributed by atoms with Gasteiger partial charge in [0.25, 0.3) is 0 Å². The summed E-state index contributed by atoms with van der Waals surface area (Å²) in [5.74, 6) is 0.00123. The highest BCUT2D eigenvalue weighted by molar-refractivity contribution is 5.91. The van der Waals surface area contributed by atoms with E-state index in [0.717, 1.165) is 18.4 Å². The number of hydrogen-bond acceptors (Lipinski definition) is 3. The summed E-state index contributed by atoms with van der Waals surface area (Å²) in [5.41, 5.74) is 0.263. The van der Waals surface area contributed by atoms with Crippen LogP contribution in [-0.4, -0.2) is 71.6 Å². The Balaban J connectivity index is 1.69. The molecule has 0 unspecified atom stereocenters. The lowest BCUT2D eigenvalue weighted by Gasteiger charge is -2.48. The molecular formula is C20H29N3O3. The summed E-state index contributed by atoms with van der Waals surface area (Å²) in [6.07, 6.45) is 1.70. The van der Waals surface area contributed by atoms with E-state index in [9.17, 15) is 9.59 Å². The van der Waals surface area contributed by atoms with Crippen LogP contribution in [0.3, 0.4) is 0 Å². The number of piperazine rings is 1. The van der Waals surface area contributed by atoms with Crippen LogP contribution in [0.5, 0.6) is 0 Å². The minimum Gasteiger partial charge on any atom is -0.381 e. The average Bonchev–Trinajstić information content (AvgIpc) is 2.66. The number of carbonyl (C=O) groups is 2. The van der Waals surface area contributed by atoms with E-state index < -0.39 is 5.54 Å². The summed E-state index contributed by atoms with van der Waals surface area (Å²) in [6, 6.07) is 10.1. The Morgan fingerprint density at radius 1 is 1.19 bits per heavy atom.